The molecule has 0 atom stereocenters. The second-order valence-electron chi connectivity index (χ2n) is 4.99. The van der Waals surface area contributed by atoms with E-state index in [2.05, 4.69) is 5.32 Å². The van der Waals surface area contributed by atoms with Crippen LogP contribution in [0, 0.1) is 0 Å². The first kappa shape index (κ1) is 17.1. The van der Waals surface area contributed by atoms with Crippen LogP contribution in [0.15, 0.2) is 23.1 Å². The van der Waals surface area contributed by atoms with Crippen molar-refractivity contribution in [2.75, 3.05) is 18.7 Å². The van der Waals surface area contributed by atoms with Crippen molar-refractivity contribution in [3.05, 3.63) is 23.8 Å². The first-order chi connectivity index (χ1) is 9.47. The summed E-state index contributed by atoms with van der Waals surface area (Å²) in [5, 5.41) is 11.5. The number of nitrogens with one attached hydrogen (secondary N) is 1. The molecule has 0 fully saturated rings. The average molecular weight is 315 g/mol. The number of methoxy groups -OCH3 is 1. The SMILES string of the molecule is COC(C)(C)C(=O)Nc1cc(C(=O)O)cc(S(C)(=O)=O)c1. The van der Waals surface area contributed by atoms with E-state index >= 15 is 0 Å². The predicted molar refractivity (Wildman–Crippen MR) is 76.2 cm³/mol. The molecule has 8 heteroatoms. The normalized spacial score (nSPS) is 12.0. The van der Waals surface area contributed by atoms with Gasteiger partial charge < -0.3 is 15.2 Å². The number of carboxylic acids is 1. The fourth-order valence-corrected chi connectivity index (χ4v) is 2.07. The van der Waals surface area contributed by atoms with Crippen molar-refractivity contribution in [3.8, 4) is 0 Å². The molecule has 0 aromatic heterocycles. The predicted octanol–water partition coefficient (Wildman–Crippen LogP) is 1.15. The zero-order chi connectivity index (χ0) is 16.4. The van der Waals surface area contributed by atoms with Gasteiger partial charge in [0.15, 0.2) is 9.84 Å². The molecule has 0 spiro atoms. The Labute approximate surface area is 122 Å². The number of anilines is 1. The Morgan fingerprint density at radius 1 is 1.24 bits per heavy atom. The van der Waals surface area contributed by atoms with E-state index in [-0.39, 0.29) is 16.1 Å². The third-order valence-corrected chi connectivity index (χ3v) is 3.99. The van der Waals surface area contributed by atoms with Crippen LogP contribution in [0.4, 0.5) is 5.69 Å². The fourth-order valence-electron chi connectivity index (χ4n) is 1.38. The Morgan fingerprint density at radius 2 is 1.81 bits per heavy atom. The summed E-state index contributed by atoms with van der Waals surface area (Å²) in [6, 6.07) is 3.42. The third kappa shape index (κ3) is 4.27. The van der Waals surface area contributed by atoms with Gasteiger partial charge in [0.2, 0.25) is 0 Å². The maximum atomic E-state index is 12.0. The van der Waals surface area contributed by atoms with Crippen LogP contribution in [-0.2, 0) is 19.4 Å². The number of rotatable bonds is 5. The van der Waals surface area contributed by atoms with Gasteiger partial charge in [0.1, 0.15) is 5.60 Å². The lowest BCUT2D eigenvalue weighted by molar-refractivity contribution is -0.133. The number of benzene rings is 1. The molecule has 116 valence electrons. The lowest BCUT2D eigenvalue weighted by Gasteiger charge is -2.22. The Bertz CT molecular complexity index is 678. The second-order valence-corrected chi connectivity index (χ2v) is 7.01. The van der Waals surface area contributed by atoms with Crippen LogP contribution in [0.2, 0.25) is 0 Å². The van der Waals surface area contributed by atoms with E-state index in [1.807, 2.05) is 0 Å². The number of sulfone groups is 1. The minimum atomic E-state index is -3.60. The molecule has 0 aliphatic rings. The number of carboxylic acid groups (broad SMARTS) is 1. The summed E-state index contributed by atoms with van der Waals surface area (Å²) >= 11 is 0. The van der Waals surface area contributed by atoms with Gasteiger partial charge in [-0.1, -0.05) is 0 Å². The largest absolute Gasteiger partial charge is 0.478 e. The summed E-state index contributed by atoms with van der Waals surface area (Å²) in [5.41, 5.74) is -1.29. The first-order valence-corrected chi connectivity index (χ1v) is 7.81. The number of hydrogen-bond acceptors (Lipinski definition) is 5. The fraction of sp³-hybridized carbons (Fsp3) is 0.385. The molecule has 1 rings (SSSR count). The molecule has 0 aliphatic heterocycles. The average Bonchev–Trinajstić information content (AvgIpc) is 2.37. The van der Waals surface area contributed by atoms with Gasteiger partial charge in [-0.05, 0) is 32.0 Å². The Morgan fingerprint density at radius 3 is 2.24 bits per heavy atom. The molecular weight excluding hydrogens is 298 g/mol. The number of carbonyl (C=O) groups excluding carboxylic acids is 1. The lowest BCUT2D eigenvalue weighted by atomic mass is 10.1. The van der Waals surface area contributed by atoms with Crippen LogP contribution in [0.3, 0.4) is 0 Å². The van der Waals surface area contributed by atoms with E-state index in [0.717, 1.165) is 12.3 Å². The van der Waals surface area contributed by atoms with Crippen LogP contribution in [0.1, 0.15) is 24.2 Å². The highest BCUT2D eigenvalue weighted by Gasteiger charge is 2.27. The van der Waals surface area contributed by atoms with E-state index < -0.39 is 27.3 Å². The maximum absolute atomic E-state index is 12.0. The summed E-state index contributed by atoms with van der Waals surface area (Å²) in [7, 11) is -2.25. The van der Waals surface area contributed by atoms with E-state index in [1.165, 1.54) is 33.1 Å². The van der Waals surface area contributed by atoms with Gasteiger partial charge >= 0.3 is 5.97 Å². The Kier molecular flexibility index (Phi) is 4.75. The molecule has 7 nitrogen and oxygen atoms in total. The van der Waals surface area contributed by atoms with E-state index in [1.54, 1.807) is 0 Å². The molecule has 1 aromatic rings. The van der Waals surface area contributed by atoms with Gasteiger partial charge in [-0.3, -0.25) is 4.79 Å². The van der Waals surface area contributed by atoms with Gasteiger partial charge in [-0.25, -0.2) is 13.2 Å². The molecule has 21 heavy (non-hydrogen) atoms. The number of ether oxygens (including phenoxy) is 1. The van der Waals surface area contributed by atoms with Crippen molar-refractivity contribution in [2.24, 2.45) is 0 Å². The number of hydrogen-bond donors (Lipinski definition) is 2. The molecule has 0 unspecified atom stereocenters. The van der Waals surface area contributed by atoms with Crippen LogP contribution in [0.5, 0.6) is 0 Å². The molecule has 0 radical (unpaired) electrons. The molecule has 1 amide bonds. The summed E-state index contributed by atoms with van der Waals surface area (Å²) in [5.74, 6) is -1.81. The quantitative estimate of drug-likeness (QED) is 0.843. The van der Waals surface area contributed by atoms with E-state index in [0.29, 0.717) is 0 Å². The van der Waals surface area contributed by atoms with Crippen molar-refractivity contribution in [3.63, 3.8) is 0 Å². The minimum absolute atomic E-state index is 0.0745. The van der Waals surface area contributed by atoms with Crippen LogP contribution < -0.4 is 5.32 Å². The van der Waals surface area contributed by atoms with Gasteiger partial charge in [0.25, 0.3) is 5.91 Å². The molecule has 0 aliphatic carbocycles. The van der Waals surface area contributed by atoms with Crippen LogP contribution in [-0.4, -0.2) is 44.4 Å². The van der Waals surface area contributed by atoms with Gasteiger partial charge in [-0.15, -0.1) is 0 Å². The van der Waals surface area contributed by atoms with Crippen LogP contribution >= 0.6 is 0 Å². The van der Waals surface area contributed by atoms with Crippen molar-refractivity contribution in [1.29, 1.82) is 0 Å². The number of amides is 1. The van der Waals surface area contributed by atoms with Crippen molar-refractivity contribution >= 4 is 27.4 Å². The summed E-state index contributed by atoms with van der Waals surface area (Å²) in [6.45, 7) is 3.06. The van der Waals surface area contributed by atoms with Crippen molar-refractivity contribution in [1.82, 2.24) is 0 Å². The maximum Gasteiger partial charge on any atom is 0.335 e. The van der Waals surface area contributed by atoms with Gasteiger partial charge in [0.05, 0.1) is 10.5 Å². The topological polar surface area (TPSA) is 110 Å². The highest BCUT2D eigenvalue weighted by atomic mass is 32.2. The van der Waals surface area contributed by atoms with Gasteiger partial charge in [0, 0.05) is 19.1 Å². The van der Waals surface area contributed by atoms with Crippen LogP contribution in [0.25, 0.3) is 0 Å². The van der Waals surface area contributed by atoms with Crippen molar-refractivity contribution < 1.29 is 27.9 Å². The summed E-state index contributed by atoms with van der Waals surface area (Å²) in [6.07, 6.45) is 0.957. The molecular formula is C13H17NO6S. The number of aromatic carboxylic acids is 1. The zero-order valence-corrected chi connectivity index (χ0v) is 12.9. The molecule has 0 saturated heterocycles. The van der Waals surface area contributed by atoms with E-state index in [4.69, 9.17) is 9.84 Å². The molecule has 2 N–H and O–H groups in total. The first-order valence-electron chi connectivity index (χ1n) is 5.92. The Balaban J connectivity index is 3.28. The van der Waals surface area contributed by atoms with E-state index in [9.17, 15) is 18.0 Å². The third-order valence-electron chi connectivity index (χ3n) is 2.90. The molecule has 0 saturated carbocycles. The second kappa shape index (κ2) is 5.82. The van der Waals surface area contributed by atoms with Gasteiger partial charge in [-0.2, -0.15) is 0 Å². The lowest BCUT2D eigenvalue weighted by Crippen LogP contribution is -2.38. The smallest absolute Gasteiger partial charge is 0.335 e. The molecule has 0 bridgehead atoms. The standard InChI is InChI=1S/C13H17NO6S/c1-13(2,20-3)12(17)14-9-5-8(11(15)16)6-10(7-9)21(4,18)19/h5-7H,1-4H3,(H,14,17)(H,15,16). The summed E-state index contributed by atoms with van der Waals surface area (Å²) in [4.78, 5) is 22.8. The van der Waals surface area contributed by atoms with Crippen molar-refractivity contribution in [2.45, 2.75) is 24.3 Å². The highest BCUT2D eigenvalue weighted by Crippen LogP contribution is 2.21. The summed E-state index contributed by atoms with van der Waals surface area (Å²) < 4.78 is 28.1. The number of carbonyl (C=O) groups is 2. The highest BCUT2D eigenvalue weighted by molar-refractivity contribution is 7.90. The minimum Gasteiger partial charge on any atom is -0.478 e. The monoisotopic (exact) mass is 315 g/mol. The Hall–Kier alpha value is -1.93. The molecule has 0 heterocycles. The molecule has 1 aromatic carbocycles. The zero-order valence-electron chi connectivity index (χ0n) is 12.1.